The second-order valence-corrected chi connectivity index (χ2v) is 2.01. The molecule has 0 atom stereocenters. The van der Waals surface area contributed by atoms with Crippen molar-refractivity contribution in [3.8, 4) is 0 Å². The normalized spacial score (nSPS) is 10.3. The minimum atomic E-state index is 0.727. The molecule has 0 aromatic carbocycles. The molecule has 1 aromatic rings. The van der Waals surface area contributed by atoms with Gasteiger partial charge in [0, 0.05) is 18.0 Å². The van der Waals surface area contributed by atoms with Crippen LogP contribution in [0.25, 0.3) is 6.08 Å². The monoisotopic (exact) mass is 146 g/mol. The number of aliphatic imine (C=N–C) groups is 1. The summed E-state index contributed by atoms with van der Waals surface area (Å²) in [6.07, 6.45) is 5.18. The standard InChI is InChI=1S/C9H10N2/c1-3-8-6-5-7-11-9(8)10-4-2/h3-7H,1H2,2H3/b10-4-. The average molecular weight is 146 g/mol. The maximum Gasteiger partial charge on any atom is 0.158 e. The molecule has 0 aliphatic rings. The summed E-state index contributed by atoms with van der Waals surface area (Å²) in [5.41, 5.74) is 0.964. The highest BCUT2D eigenvalue weighted by molar-refractivity contribution is 5.65. The Hall–Kier alpha value is -1.44. The molecule has 0 fully saturated rings. The third kappa shape index (κ3) is 1.74. The number of nitrogens with zero attached hydrogens (tertiary/aromatic N) is 2. The van der Waals surface area contributed by atoms with Gasteiger partial charge in [-0.3, -0.25) is 0 Å². The van der Waals surface area contributed by atoms with Crippen molar-refractivity contribution in [1.82, 2.24) is 4.98 Å². The maximum atomic E-state index is 4.07. The second-order valence-electron chi connectivity index (χ2n) is 2.01. The molecule has 2 heteroatoms. The van der Waals surface area contributed by atoms with E-state index in [9.17, 15) is 0 Å². The van der Waals surface area contributed by atoms with Gasteiger partial charge in [-0.15, -0.1) is 0 Å². The van der Waals surface area contributed by atoms with Crippen molar-refractivity contribution in [1.29, 1.82) is 0 Å². The Morgan fingerprint density at radius 2 is 2.45 bits per heavy atom. The topological polar surface area (TPSA) is 25.2 Å². The molecular weight excluding hydrogens is 136 g/mol. The van der Waals surface area contributed by atoms with Gasteiger partial charge in [0.05, 0.1) is 0 Å². The molecule has 1 heterocycles. The largest absolute Gasteiger partial charge is 0.241 e. The van der Waals surface area contributed by atoms with Crippen LogP contribution in [-0.4, -0.2) is 11.2 Å². The van der Waals surface area contributed by atoms with Gasteiger partial charge in [0.25, 0.3) is 0 Å². The van der Waals surface area contributed by atoms with Crippen molar-refractivity contribution in [3.05, 3.63) is 30.5 Å². The van der Waals surface area contributed by atoms with Crippen LogP contribution >= 0.6 is 0 Å². The zero-order chi connectivity index (χ0) is 8.10. The predicted octanol–water partition coefficient (Wildman–Crippen LogP) is 2.45. The van der Waals surface area contributed by atoms with Crippen molar-refractivity contribution in [3.63, 3.8) is 0 Å². The fraction of sp³-hybridized carbons (Fsp3) is 0.111. The van der Waals surface area contributed by atoms with Gasteiger partial charge in [-0.05, 0) is 19.1 Å². The highest BCUT2D eigenvalue weighted by atomic mass is 14.9. The fourth-order valence-corrected chi connectivity index (χ4v) is 0.799. The van der Waals surface area contributed by atoms with E-state index in [1.54, 1.807) is 18.5 Å². The van der Waals surface area contributed by atoms with Crippen molar-refractivity contribution in [2.75, 3.05) is 0 Å². The first-order valence-corrected chi connectivity index (χ1v) is 3.44. The molecule has 0 N–H and O–H groups in total. The van der Waals surface area contributed by atoms with Crippen molar-refractivity contribution in [2.45, 2.75) is 6.92 Å². The van der Waals surface area contributed by atoms with Gasteiger partial charge in [0.1, 0.15) is 0 Å². The van der Waals surface area contributed by atoms with Crippen molar-refractivity contribution < 1.29 is 0 Å². The van der Waals surface area contributed by atoms with E-state index in [-0.39, 0.29) is 0 Å². The summed E-state index contributed by atoms with van der Waals surface area (Å²) in [6.45, 7) is 5.52. The molecule has 11 heavy (non-hydrogen) atoms. The van der Waals surface area contributed by atoms with Crippen LogP contribution in [0.5, 0.6) is 0 Å². The summed E-state index contributed by atoms with van der Waals surface area (Å²) in [4.78, 5) is 8.14. The third-order valence-electron chi connectivity index (χ3n) is 1.29. The zero-order valence-corrected chi connectivity index (χ0v) is 6.49. The zero-order valence-electron chi connectivity index (χ0n) is 6.49. The number of rotatable bonds is 2. The lowest BCUT2D eigenvalue weighted by Crippen LogP contribution is -1.77. The first-order chi connectivity index (χ1) is 5.38. The highest BCUT2D eigenvalue weighted by Gasteiger charge is 1.93. The van der Waals surface area contributed by atoms with Gasteiger partial charge in [0.15, 0.2) is 5.82 Å². The van der Waals surface area contributed by atoms with Crippen LogP contribution in [0.4, 0.5) is 5.82 Å². The van der Waals surface area contributed by atoms with Gasteiger partial charge in [-0.2, -0.15) is 0 Å². The molecule has 56 valence electrons. The fourth-order valence-electron chi connectivity index (χ4n) is 0.799. The second kappa shape index (κ2) is 3.66. The van der Waals surface area contributed by atoms with Crippen LogP contribution in [0, 0.1) is 0 Å². The summed E-state index contributed by atoms with van der Waals surface area (Å²) in [7, 11) is 0. The maximum absolute atomic E-state index is 4.07. The lowest BCUT2D eigenvalue weighted by molar-refractivity contribution is 1.27. The number of aromatic nitrogens is 1. The molecule has 0 bridgehead atoms. The minimum Gasteiger partial charge on any atom is -0.241 e. The smallest absolute Gasteiger partial charge is 0.158 e. The van der Waals surface area contributed by atoms with Crippen LogP contribution in [0.3, 0.4) is 0 Å². The summed E-state index contributed by atoms with van der Waals surface area (Å²) >= 11 is 0. The SMILES string of the molecule is C=Cc1cccnc1/N=C\C. The Morgan fingerprint density at radius 3 is 3.09 bits per heavy atom. The van der Waals surface area contributed by atoms with E-state index in [1.807, 2.05) is 19.1 Å². The van der Waals surface area contributed by atoms with Crippen LogP contribution < -0.4 is 0 Å². The Kier molecular flexibility index (Phi) is 2.55. The summed E-state index contributed by atoms with van der Waals surface area (Å²) in [6, 6.07) is 3.80. The summed E-state index contributed by atoms with van der Waals surface area (Å²) in [5.74, 6) is 0.727. The molecule has 1 aromatic heterocycles. The number of pyridine rings is 1. The van der Waals surface area contributed by atoms with E-state index in [4.69, 9.17) is 0 Å². The molecule has 2 nitrogen and oxygen atoms in total. The Bertz CT molecular complexity index is 277. The highest BCUT2D eigenvalue weighted by Crippen LogP contribution is 2.14. The number of hydrogen-bond acceptors (Lipinski definition) is 2. The van der Waals surface area contributed by atoms with E-state index in [1.165, 1.54) is 0 Å². The molecule has 0 amide bonds. The molecule has 1 rings (SSSR count). The molecule has 0 aliphatic carbocycles. The molecule has 0 saturated carbocycles. The van der Waals surface area contributed by atoms with E-state index < -0.39 is 0 Å². The van der Waals surface area contributed by atoms with E-state index >= 15 is 0 Å². The molecule has 0 radical (unpaired) electrons. The van der Waals surface area contributed by atoms with Gasteiger partial charge < -0.3 is 0 Å². The minimum absolute atomic E-state index is 0.727. The first kappa shape index (κ1) is 7.66. The number of hydrogen-bond donors (Lipinski definition) is 0. The lowest BCUT2D eigenvalue weighted by Gasteiger charge is -1.95. The van der Waals surface area contributed by atoms with E-state index in [0.29, 0.717) is 0 Å². The molecular formula is C9H10N2. The van der Waals surface area contributed by atoms with Crippen LogP contribution in [0.2, 0.25) is 0 Å². The Labute approximate surface area is 66.3 Å². The lowest BCUT2D eigenvalue weighted by atomic mass is 10.2. The Balaban J connectivity index is 3.11. The van der Waals surface area contributed by atoms with Gasteiger partial charge >= 0.3 is 0 Å². The molecule has 0 unspecified atom stereocenters. The predicted molar refractivity (Wildman–Crippen MR) is 48.2 cm³/mol. The first-order valence-electron chi connectivity index (χ1n) is 3.44. The molecule has 0 saturated heterocycles. The average Bonchev–Trinajstić information content (AvgIpc) is 2.06. The van der Waals surface area contributed by atoms with Gasteiger partial charge in [-0.25, -0.2) is 9.98 Å². The molecule has 0 aliphatic heterocycles. The Morgan fingerprint density at radius 1 is 1.64 bits per heavy atom. The van der Waals surface area contributed by atoms with Crippen LogP contribution in [-0.2, 0) is 0 Å². The van der Waals surface area contributed by atoms with Gasteiger partial charge in [0.2, 0.25) is 0 Å². The van der Waals surface area contributed by atoms with Crippen molar-refractivity contribution in [2.24, 2.45) is 4.99 Å². The van der Waals surface area contributed by atoms with Crippen LogP contribution in [0.1, 0.15) is 12.5 Å². The van der Waals surface area contributed by atoms with E-state index in [0.717, 1.165) is 11.4 Å². The third-order valence-corrected chi connectivity index (χ3v) is 1.29. The van der Waals surface area contributed by atoms with Gasteiger partial charge in [-0.1, -0.05) is 12.7 Å². The van der Waals surface area contributed by atoms with Crippen LogP contribution in [0.15, 0.2) is 29.9 Å². The summed E-state index contributed by atoms with van der Waals surface area (Å²) in [5, 5.41) is 0. The summed E-state index contributed by atoms with van der Waals surface area (Å²) < 4.78 is 0. The van der Waals surface area contributed by atoms with Crippen molar-refractivity contribution >= 4 is 18.1 Å². The quantitative estimate of drug-likeness (QED) is 0.588. The van der Waals surface area contributed by atoms with E-state index in [2.05, 4.69) is 16.6 Å². The molecule has 0 spiro atoms.